The van der Waals surface area contributed by atoms with Crippen LogP contribution in [0.4, 0.5) is 5.69 Å². The van der Waals surface area contributed by atoms with E-state index in [9.17, 15) is 4.79 Å². The summed E-state index contributed by atoms with van der Waals surface area (Å²) in [7, 11) is 4.32. The van der Waals surface area contributed by atoms with Crippen molar-refractivity contribution in [1.29, 1.82) is 0 Å². The standard InChI is InChI=1S/C18H31N3O/c1-6-16(7-2)18(21(4)5)13-19-12-15-8-10-17(11-9-15)20-14(3)22/h8-11,16,18-19H,6-7,12-13H2,1-5H3,(H,20,22). The Labute approximate surface area is 135 Å². The molecule has 1 aromatic rings. The fourth-order valence-electron chi connectivity index (χ4n) is 2.88. The fraction of sp³-hybridized carbons (Fsp3) is 0.611. The highest BCUT2D eigenvalue weighted by Gasteiger charge is 2.19. The molecule has 1 rings (SSSR count). The minimum atomic E-state index is -0.0372. The average molecular weight is 305 g/mol. The first-order valence-corrected chi connectivity index (χ1v) is 8.21. The lowest BCUT2D eigenvalue weighted by Gasteiger charge is -2.31. The molecule has 1 unspecified atom stereocenters. The van der Waals surface area contributed by atoms with E-state index in [0.29, 0.717) is 6.04 Å². The fourth-order valence-corrected chi connectivity index (χ4v) is 2.88. The van der Waals surface area contributed by atoms with Gasteiger partial charge in [-0.15, -0.1) is 0 Å². The lowest BCUT2D eigenvalue weighted by atomic mass is 9.93. The number of nitrogens with one attached hydrogen (secondary N) is 2. The van der Waals surface area contributed by atoms with Crippen molar-refractivity contribution >= 4 is 11.6 Å². The Balaban J connectivity index is 2.49. The van der Waals surface area contributed by atoms with Crippen LogP contribution in [0.1, 0.15) is 39.2 Å². The van der Waals surface area contributed by atoms with E-state index in [1.54, 1.807) is 0 Å². The first-order valence-electron chi connectivity index (χ1n) is 8.21. The van der Waals surface area contributed by atoms with Crippen LogP contribution < -0.4 is 10.6 Å². The molecule has 22 heavy (non-hydrogen) atoms. The third-order valence-corrected chi connectivity index (χ3v) is 4.21. The average Bonchev–Trinajstić information content (AvgIpc) is 2.47. The van der Waals surface area contributed by atoms with Gasteiger partial charge in [-0.2, -0.15) is 0 Å². The number of hydrogen-bond donors (Lipinski definition) is 2. The van der Waals surface area contributed by atoms with Crippen molar-refractivity contribution in [3.63, 3.8) is 0 Å². The largest absolute Gasteiger partial charge is 0.326 e. The maximum Gasteiger partial charge on any atom is 0.221 e. The van der Waals surface area contributed by atoms with Crippen LogP contribution in [-0.2, 0) is 11.3 Å². The lowest BCUT2D eigenvalue weighted by molar-refractivity contribution is -0.114. The number of hydrogen-bond acceptors (Lipinski definition) is 3. The Kier molecular flexibility index (Phi) is 8.13. The van der Waals surface area contributed by atoms with Gasteiger partial charge in [0.25, 0.3) is 0 Å². The zero-order valence-electron chi connectivity index (χ0n) is 14.6. The monoisotopic (exact) mass is 305 g/mol. The van der Waals surface area contributed by atoms with Crippen LogP contribution in [0.2, 0.25) is 0 Å². The molecule has 0 saturated carbocycles. The van der Waals surface area contributed by atoms with E-state index in [4.69, 9.17) is 0 Å². The smallest absolute Gasteiger partial charge is 0.221 e. The Hall–Kier alpha value is -1.39. The van der Waals surface area contributed by atoms with Crippen LogP contribution in [-0.4, -0.2) is 37.5 Å². The normalized spacial score (nSPS) is 12.7. The molecule has 0 saturated heterocycles. The molecule has 0 aromatic heterocycles. The molecule has 2 N–H and O–H groups in total. The van der Waals surface area contributed by atoms with Gasteiger partial charge in [-0.25, -0.2) is 0 Å². The van der Waals surface area contributed by atoms with E-state index in [0.717, 1.165) is 24.7 Å². The summed E-state index contributed by atoms with van der Waals surface area (Å²) in [5, 5.41) is 6.35. The molecule has 0 radical (unpaired) electrons. The summed E-state index contributed by atoms with van der Waals surface area (Å²) >= 11 is 0. The number of benzene rings is 1. The van der Waals surface area contributed by atoms with Crippen molar-refractivity contribution in [1.82, 2.24) is 10.2 Å². The van der Waals surface area contributed by atoms with Crippen molar-refractivity contribution < 1.29 is 4.79 Å². The second-order valence-electron chi connectivity index (χ2n) is 6.12. The Morgan fingerprint density at radius 2 is 1.73 bits per heavy atom. The number of carbonyl (C=O) groups is 1. The van der Waals surface area contributed by atoms with Crippen LogP contribution in [0.5, 0.6) is 0 Å². The number of anilines is 1. The predicted molar refractivity (Wildman–Crippen MR) is 94.0 cm³/mol. The van der Waals surface area contributed by atoms with Gasteiger partial charge >= 0.3 is 0 Å². The number of rotatable bonds is 9. The highest BCUT2D eigenvalue weighted by Crippen LogP contribution is 2.16. The number of nitrogens with zero attached hydrogens (tertiary/aromatic N) is 1. The van der Waals surface area contributed by atoms with Crippen LogP contribution in [0.15, 0.2) is 24.3 Å². The van der Waals surface area contributed by atoms with E-state index in [1.165, 1.54) is 25.3 Å². The van der Waals surface area contributed by atoms with Gasteiger partial charge < -0.3 is 15.5 Å². The van der Waals surface area contributed by atoms with Crippen molar-refractivity contribution in [2.45, 2.75) is 46.2 Å². The lowest BCUT2D eigenvalue weighted by Crippen LogP contribution is -2.42. The van der Waals surface area contributed by atoms with Crippen molar-refractivity contribution in [2.75, 3.05) is 26.0 Å². The Morgan fingerprint density at radius 3 is 2.18 bits per heavy atom. The third kappa shape index (κ3) is 6.16. The number of carbonyl (C=O) groups excluding carboxylic acids is 1. The second-order valence-corrected chi connectivity index (χ2v) is 6.12. The molecule has 0 aliphatic carbocycles. The highest BCUT2D eigenvalue weighted by molar-refractivity contribution is 5.88. The topological polar surface area (TPSA) is 44.4 Å². The van der Waals surface area contributed by atoms with Gasteiger partial charge in [0.05, 0.1) is 0 Å². The predicted octanol–water partition coefficient (Wildman–Crippen LogP) is 3.10. The molecule has 0 spiro atoms. The zero-order chi connectivity index (χ0) is 16.5. The maximum atomic E-state index is 11.0. The van der Waals surface area contributed by atoms with Crippen molar-refractivity contribution in [2.24, 2.45) is 5.92 Å². The van der Waals surface area contributed by atoms with Crippen LogP contribution in [0, 0.1) is 5.92 Å². The molecule has 1 aromatic carbocycles. The zero-order valence-corrected chi connectivity index (χ0v) is 14.6. The van der Waals surface area contributed by atoms with Crippen molar-refractivity contribution in [3.05, 3.63) is 29.8 Å². The van der Waals surface area contributed by atoms with Crippen molar-refractivity contribution in [3.8, 4) is 0 Å². The highest BCUT2D eigenvalue weighted by atomic mass is 16.1. The molecular formula is C18H31N3O. The third-order valence-electron chi connectivity index (χ3n) is 4.21. The second kappa shape index (κ2) is 9.59. The first kappa shape index (κ1) is 18.7. The summed E-state index contributed by atoms with van der Waals surface area (Å²) in [5.41, 5.74) is 2.08. The maximum absolute atomic E-state index is 11.0. The van der Waals surface area contributed by atoms with Crippen LogP contribution in [0.25, 0.3) is 0 Å². The molecule has 124 valence electrons. The van der Waals surface area contributed by atoms with Gasteiger partial charge in [0.1, 0.15) is 0 Å². The van der Waals surface area contributed by atoms with E-state index in [-0.39, 0.29) is 5.91 Å². The van der Waals surface area contributed by atoms with Crippen LogP contribution >= 0.6 is 0 Å². The van der Waals surface area contributed by atoms with E-state index in [1.807, 2.05) is 12.1 Å². The van der Waals surface area contributed by atoms with Gasteiger partial charge in [0, 0.05) is 31.7 Å². The molecule has 0 fully saturated rings. The minimum Gasteiger partial charge on any atom is -0.326 e. The number of likely N-dealkylation sites (N-methyl/N-ethyl adjacent to an activating group) is 1. The summed E-state index contributed by atoms with van der Waals surface area (Å²) in [6.07, 6.45) is 2.43. The first-order chi connectivity index (χ1) is 10.5. The van der Waals surface area contributed by atoms with Gasteiger partial charge in [-0.05, 0) is 37.7 Å². The van der Waals surface area contributed by atoms with Gasteiger partial charge in [-0.1, -0.05) is 38.8 Å². The Morgan fingerprint density at radius 1 is 1.14 bits per heavy atom. The summed E-state index contributed by atoms with van der Waals surface area (Å²) < 4.78 is 0. The van der Waals surface area contributed by atoms with Gasteiger partial charge in [0.2, 0.25) is 5.91 Å². The SMILES string of the molecule is CCC(CC)C(CNCc1ccc(NC(C)=O)cc1)N(C)C. The molecular weight excluding hydrogens is 274 g/mol. The molecule has 1 atom stereocenters. The molecule has 0 bridgehead atoms. The summed E-state index contributed by atoms with van der Waals surface area (Å²) in [5.74, 6) is 0.689. The Bertz CT molecular complexity index is 438. The molecule has 4 nitrogen and oxygen atoms in total. The van der Waals surface area contributed by atoms with Gasteiger partial charge in [-0.3, -0.25) is 4.79 Å². The van der Waals surface area contributed by atoms with Crippen LogP contribution in [0.3, 0.4) is 0 Å². The minimum absolute atomic E-state index is 0.0372. The summed E-state index contributed by atoms with van der Waals surface area (Å²) in [6.45, 7) is 7.91. The molecule has 0 aliphatic rings. The quantitative estimate of drug-likeness (QED) is 0.737. The summed E-state index contributed by atoms with van der Waals surface area (Å²) in [4.78, 5) is 13.3. The van der Waals surface area contributed by atoms with Gasteiger partial charge in [0.15, 0.2) is 0 Å². The molecule has 1 amide bonds. The molecule has 0 heterocycles. The summed E-state index contributed by atoms with van der Waals surface area (Å²) in [6, 6.07) is 8.57. The van der Waals surface area contributed by atoms with E-state index < -0.39 is 0 Å². The number of amides is 1. The molecule has 4 heteroatoms. The van der Waals surface area contributed by atoms with E-state index >= 15 is 0 Å². The van der Waals surface area contributed by atoms with E-state index in [2.05, 4.69) is 55.6 Å². The molecule has 0 aliphatic heterocycles.